The molecule has 0 heterocycles. The summed E-state index contributed by atoms with van der Waals surface area (Å²) in [5.41, 5.74) is 0. The SMILES string of the molecule is CCCCCCOCCCCCOCCC(C)C. The standard InChI is InChI=1S/C16H34O2/c1-4-5-6-8-12-17-13-9-7-10-14-18-15-11-16(2)3/h16H,4-15H2,1-3H3. The fourth-order valence-electron chi connectivity index (χ4n) is 1.74. The monoisotopic (exact) mass is 258 g/mol. The molecule has 110 valence electrons. The predicted molar refractivity (Wildman–Crippen MR) is 79.1 cm³/mol. The Hall–Kier alpha value is -0.0800. The van der Waals surface area contributed by atoms with Gasteiger partial charge in [0.1, 0.15) is 0 Å². The Balaban J connectivity index is 2.90. The van der Waals surface area contributed by atoms with E-state index < -0.39 is 0 Å². The Labute approximate surface area is 114 Å². The number of hydrogen-bond donors (Lipinski definition) is 0. The third-order valence-corrected chi connectivity index (χ3v) is 3.06. The molecule has 18 heavy (non-hydrogen) atoms. The lowest BCUT2D eigenvalue weighted by atomic mass is 10.1. The summed E-state index contributed by atoms with van der Waals surface area (Å²) in [6, 6.07) is 0. The van der Waals surface area contributed by atoms with Crippen LogP contribution >= 0.6 is 0 Å². The highest BCUT2D eigenvalue weighted by atomic mass is 16.5. The van der Waals surface area contributed by atoms with Gasteiger partial charge in [-0.1, -0.05) is 40.0 Å². The third kappa shape index (κ3) is 15.9. The van der Waals surface area contributed by atoms with Crippen LogP contribution in [0.4, 0.5) is 0 Å². The third-order valence-electron chi connectivity index (χ3n) is 3.06. The van der Waals surface area contributed by atoms with Gasteiger partial charge in [0, 0.05) is 26.4 Å². The minimum atomic E-state index is 0.756. The summed E-state index contributed by atoms with van der Waals surface area (Å²) in [6.45, 7) is 10.4. The molecular formula is C16H34O2. The smallest absolute Gasteiger partial charge is 0.0468 e. The summed E-state index contributed by atoms with van der Waals surface area (Å²) in [5, 5.41) is 0. The molecule has 2 heteroatoms. The largest absolute Gasteiger partial charge is 0.381 e. The Morgan fingerprint density at radius 2 is 1.17 bits per heavy atom. The number of hydrogen-bond acceptors (Lipinski definition) is 2. The molecule has 0 radical (unpaired) electrons. The zero-order chi connectivity index (χ0) is 13.5. The maximum atomic E-state index is 5.60. The van der Waals surface area contributed by atoms with Crippen molar-refractivity contribution in [2.24, 2.45) is 5.92 Å². The molecule has 0 unspecified atom stereocenters. The molecule has 0 saturated heterocycles. The molecule has 0 bridgehead atoms. The first kappa shape index (κ1) is 17.9. The van der Waals surface area contributed by atoms with Crippen LogP contribution in [0.5, 0.6) is 0 Å². The molecule has 0 fully saturated rings. The second-order valence-corrected chi connectivity index (χ2v) is 5.53. The molecular weight excluding hydrogens is 224 g/mol. The lowest BCUT2D eigenvalue weighted by Gasteiger charge is -2.06. The fourth-order valence-corrected chi connectivity index (χ4v) is 1.74. The topological polar surface area (TPSA) is 18.5 Å². The fraction of sp³-hybridized carbons (Fsp3) is 1.00. The molecule has 0 rings (SSSR count). The maximum absolute atomic E-state index is 5.60. The summed E-state index contributed by atoms with van der Waals surface area (Å²) >= 11 is 0. The van der Waals surface area contributed by atoms with Crippen molar-refractivity contribution in [3.8, 4) is 0 Å². The van der Waals surface area contributed by atoms with Crippen molar-refractivity contribution >= 4 is 0 Å². The molecule has 0 aliphatic carbocycles. The van der Waals surface area contributed by atoms with E-state index in [1.165, 1.54) is 51.4 Å². The van der Waals surface area contributed by atoms with Gasteiger partial charge < -0.3 is 9.47 Å². The Morgan fingerprint density at radius 3 is 1.67 bits per heavy atom. The van der Waals surface area contributed by atoms with Crippen molar-refractivity contribution in [3.05, 3.63) is 0 Å². The Kier molecular flexibility index (Phi) is 14.9. The van der Waals surface area contributed by atoms with E-state index >= 15 is 0 Å². The van der Waals surface area contributed by atoms with Crippen molar-refractivity contribution in [3.63, 3.8) is 0 Å². The van der Waals surface area contributed by atoms with Gasteiger partial charge in [0.15, 0.2) is 0 Å². The lowest BCUT2D eigenvalue weighted by Crippen LogP contribution is -2.01. The summed E-state index contributed by atoms with van der Waals surface area (Å²) in [6.07, 6.45) is 9.97. The molecule has 0 saturated carbocycles. The molecule has 0 aliphatic rings. The second-order valence-electron chi connectivity index (χ2n) is 5.53. The van der Waals surface area contributed by atoms with E-state index in [9.17, 15) is 0 Å². The highest BCUT2D eigenvalue weighted by molar-refractivity contribution is 4.45. The van der Waals surface area contributed by atoms with E-state index in [2.05, 4.69) is 20.8 Å². The summed E-state index contributed by atoms with van der Waals surface area (Å²) < 4.78 is 11.2. The van der Waals surface area contributed by atoms with E-state index in [1.807, 2.05) is 0 Å². The minimum Gasteiger partial charge on any atom is -0.381 e. The zero-order valence-corrected chi connectivity index (χ0v) is 12.9. The Morgan fingerprint density at radius 1 is 0.667 bits per heavy atom. The van der Waals surface area contributed by atoms with Gasteiger partial charge in [0.2, 0.25) is 0 Å². The first-order valence-electron chi connectivity index (χ1n) is 7.92. The highest BCUT2D eigenvalue weighted by Gasteiger charge is 1.95. The van der Waals surface area contributed by atoms with Crippen molar-refractivity contribution < 1.29 is 9.47 Å². The van der Waals surface area contributed by atoms with Crippen LogP contribution in [-0.2, 0) is 9.47 Å². The van der Waals surface area contributed by atoms with Gasteiger partial charge in [-0.3, -0.25) is 0 Å². The average molecular weight is 258 g/mol. The van der Waals surface area contributed by atoms with Gasteiger partial charge in [-0.05, 0) is 38.0 Å². The molecule has 0 aromatic rings. The first-order chi connectivity index (χ1) is 8.77. The van der Waals surface area contributed by atoms with Crippen LogP contribution in [0.25, 0.3) is 0 Å². The molecule has 0 aromatic carbocycles. The van der Waals surface area contributed by atoms with Crippen molar-refractivity contribution in [1.82, 2.24) is 0 Å². The average Bonchev–Trinajstić information content (AvgIpc) is 2.34. The molecule has 0 spiro atoms. The van der Waals surface area contributed by atoms with E-state index in [0.29, 0.717) is 0 Å². The Bertz CT molecular complexity index is 146. The number of ether oxygens (including phenoxy) is 2. The lowest BCUT2D eigenvalue weighted by molar-refractivity contribution is 0.108. The van der Waals surface area contributed by atoms with Gasteiger partial charge in [-0.2, -0.15) is 0 Å². The first-order valence-corrected chi connectivity index (χ1v) is 7.92. The predicted octanol–water partition coefficient (Wildman–Crippen LogP) is 4.82. The molecule has 0 N–H and O–H groups in total. The van der Waals surface area contributed by atoms with E-state index in [4.69, 9.17) is 9.47 Å². The van der Waals surface area contributed by atoms with Crippen LogP contribution < -0.4 is 0 Å². The van der Waals surface area contributed by atoms with E-state index in [-0.39, 0.29) is 0 Å². The van der Waals surface area contributed by atoms with Gasteiger partial charge >= 0.3 is 0 Å². The minimum absolute atomic E-state index is 0.756. The zero-order valence-electron chi connectivity index (χ0n) is 12.9. The van der Waals surface area contributed by atoms with Crippen LogP contribution in [0.3, 0.4) is 0 Å². The molecule has 0 aliphatic heterocycles. The van der Waals surface area contributed by atoms with Crippen molar-refractivity contribution in [1.29, 1.82) is 0 Å². The summed E-state index contributed by atoms with van der Waals surface area (Å²) in [7, 11) is 0. The van der Waals surface area contributed by atoms with Crippen LogP contribution in [0.15, 0.2) is 0 Å². The van der Waals surface area contributed by atoms with Crippen LogP contribution in [-0.4, -0.2) is 26.4 Å². The van der Waals surface area contributed by atoms with Gasteiger partial charge in [0.05, 0.1) is 0 Å². The quantitative estimate of drug-likeness (QED) is 0.416. The van der Waals surface area contributed by atoms with Gasteiger partial charge in [-0.15, -0.1) is 0 Å². The van der Waals surface area contributed by atoms with Crippen LogP contribution in [0, 0.1) is 5.92 Å². The summed E-state index contributed by atoms with van der Waals surface area (Å²) in [4.78, 5) is 0. The number of rotatable bonds is 14. The number of unbranched alkanes of at least 4 members (excludes halogenated alkanes) is 5. The van der Waals surface area contributed by atoms with Crippen LogP contribution in [0.2, 0.25) is 0 Å². The van der Waals surface area contributed by atoms with Gasteiger partial charge in [0.25, 0.3) is 0 Å². The normalized spacial score (nSPS) is 11.3. The van der Waals surface area contributed by atoms with Crippen molar-refractivity contribution in [2.75, 3.05) is 26.4 Å². The maximum Gasteiger partial charge on any atom is 0.0468 e. The molecule has 2 nitrogen and oxygen atoms in total. The molecule has 0 atom stereocenters. The van der Waals surface area contributed by atoms with E-state index in [0.717, 1.165) is 32.3 Å². The van der Waals surface area contributed by atoms with E-state index in [1.54, 1.807) is 0 Å². The van der Waals surface area contributed by atoms with Gasteiger partial charge in [-0.25, -0.2) is 0 Å². The molecule has 0 aromatic heterocycles. The van der Waals surface area contributed by atoms with Crippen molar-refractivity contribution in [2.45, 2.75) is 72.1 Å². The highest BCUT2D eigenvalue weighted by Crippen LogP contribution is 2.02. The molecule has 0 amide bonds. The summed E-state index contributed by atoms with van der Waals surface area (Å²) in [5.74, 6) is 0.756. The van der Waals surface area contributed by atoms with Crippen LogP contribution in [0.1, 0.15) is 72.1 Å². The second kappa shape index (κ2) is 15.0.